The SMILES string of the molecule is CCCC(C)(C)NS(=O)(=O)c1cc(CNC(C)C)cs1. The molecule has 0 aromatic carbocycles. The van der Waals surface area contributed by atoms with Gasteiger partial charge in [0.25, 0.3) is 10.0 Å². The Balaban J connectivity index is 2.78. The molecule has 1 aromatic heterocycles. The van der Waals surface area contributed by atoms with Gasteiger partial charge in [0.1, 0.15) is 4.21 Å². The molecule has 0 spiro atoms. The summed E-state index contributed by atoms with van der Waals surface area (Å²) >= 11 is 1.28. The van der Waals surface area contributed by atoms with Crippen molar-refractivity contribution in [2.45, 2.75) is 69.8 Å². The minimum absolute atomic E-state index is 0.386. The highest BCUT2D eigenvalue weighted by Gasteiger charge is 2.26. The number of rotatable bonds is 8. The van der Waals surface area contributed by atoms with Crippen LogP contribution in [-0.4, -0.2) is 20.0 Å². The van der Waals surface area contributed by atoms with E-state index < -0.39 is 15.6 Å². The maximum atomic E-state index is 12.4. The molecule has 0 aliphatic heterocycles. The molecule has 1 rings (SSSR count). The minimum Gasteiger partial charge on any atom is -0.310 e. The first-order valence-corrected chi connectivity index (χ1v) is 9.37. The molecule has 20 heavy (non-hydrogen) atoms. The van der Waals surface area contributed by atoms with Crippen LogP contribution >= 0.6 is 11.3 Å². The van der Waals surface area contributed by atoms with Crippen molar-refractivity contribution < 1.29 is 8.42 Å². The van der Waals surface area contributed by atoms with E-state index in [2.05, 4.69) is 30.8 Å². The predicted octanol–water partition coefficient (Wildman–Crippen LogP) is 3.10. The fourth-order valence-corrected chi connectivity index (χ4v) is 4.65. The van der Waals surface area contributed by atoms with Crippen molar-refractivity contribution in [3.8, 4) is 0 Å². The van der Waals surface area contributed by atoms with Gasteiger partial charge < -0.3 is 5.32 Å². The van der Waals surface area contributed by atoms with Gasteiger partial charge in [0.15, 0.2) is 0 Å². The normalized spacial score (nSPS) is 13.1. The van der Waals surface area contributed by atoms with Crippen LogP contribution in [0.4, 0.5) is 0 Å². The van der Waals surface area contributed by atoms with Crippen molar-refractivity contribution in [2.75, 3.05) is 0 Å². The Morgan fingerprint density at radius 3 is 2.55 bits per heavy atom. The molecule has 0 amide bonds. The zero-order chi connectivity index (χ0) is 15.4. The average Bonchev–Trinajstić information content (AvgIpc) is 2.73. The monoisotopic (exact) mass is 318 g/mol. The number of thiophene rings is 1. The van der Waals surface area contributed by atoms with Crippen LogP contribution in [0.3, 0.4) is 0 Å². The van der Waals surface area contributed by atoms with E-state index >= 15 is 0 Å². The Morgan fingerprint density at radius 2 is 2.00 bits per heavy atom. The third-order valence-electron chi connectivity index (χ3n) is 2.89. The fourth-order valence-electron chi connectivity index (χ4n) is 2.00. The zero-order valence-electron chi connectivity index (χ0n) is 13.0. The lowest BCUT2D eigenvalue weighted by Gasteiger charge is -2.24. The molecule has 6 heteroatoms. The van der Waals surface area contributed by atoms with Crippen LogP contribution in [0.2, 0.25) is 0 Å². The lowest BCUT2D eigenvalue weighted by atomic mass is 10.0. The van der Waals surface area contributed by atoms with Crippen LogP contribution in [0.1, 0.15) is 53.0 Å². The second-order valence-electron chi connectivity index (χ2n) is 6.05. The van der Waals surface area contributed by atoms with Gasteiger partial charge >= 0.3 is 0 Å². The Hall–Kier alpha value is -0.430. The van der Waals surface area contributed by atoms with E-state index in [4.69, 9.17) is 0 Å². The molecule has 0 radical (unpaired) electrons. The van der Waals surface area contributed by atoms with Crippen molar-refractivity contribution in [3.05, 3.63) is 17.0 Å². The summed E-state index contributed by atoms with van der Waals surface area (Å²) in [5.74, 6) is 0. The van der Waals surface area contributed by atoms with E-state index in [0.717, 1.165) is 18.4 Å². The zero-order valence-corrected chi connectivity index (χ0v) is 14.6. The summed E-state index contributed by atoms with van der Waals surface area (Å²) in [6, 6.07) is 2.14. The van der Waals surface area contributed by atoms with Gasteiger partial charge in [0.05, 0.1) is 0 Å². The van der Waals surface area contributed by atoms with Crippen LogP contribution in [0, 0.1) is 0 Å². The highest BCUT2D eigenvalue weighted by atomic mass is 32.2. The van der Waals surface area contributed by atoms with Crippen LogP contribution in [0.5, 0.6) is 0 Å². The summed E-state index contributed by atoms with van der Waals surface area (Å²) in [5.41, 5.74) is 0.603. The molecule has 0 unspecified atom stereocenters. The van der Waals surface area contributed by atoms with Crippen molar-refractivity contribution in [1.29, 1.82) is 0 Å². The molecule has 1 heterocycles. The first-order chi connectivity index (χ1) is 9.16. The lowest BCUT2D eigenvalue weighted by molar-refractivity contribution is 0.418. The fraction of sp³-hybridized carbons (Fsp3) is 0.714. The molecule has 0 bridgehead atoms. The molecule has 1 aromatic rings. The van der Waals surface area contributed by atoms with Crippen LogP contribution < -0.4 is 10.0 Å². The number of hydrogen-bond acceptors (Lipinski definition) is 4. The standard InChI is InChI=1S/C14H26N2O2S2/c1-6-7-14(4,5)16-20(17,18)13-8-12(10-19-13)9-15-11(2)3/h8,10-11,15-16H,6-7,9H2,1-5H3. The van der Waals surface area contributed by atoms with Crippen LogP contribution in [0.15, 0.2) is 15.7 Å². The second-order valence-corrected chi connectivity index (χ2v) is 8.87. The molecule has 0 aliphatic carbocycles. The van der Waals surface area contributed by atoms with Gasteiger partial charge in [-0.1, -0.05) is 27.2 Å². The molecule has 2 N–H and O–H groups in total. The maximum absolute atomic E-state index is 12.4. The number of sulfonamides is 1. The molecule has 4 nitrogen and oxygen atoms in total. The molecule has 0 fully saturated rings. The van der Waals surface area contributed by atoms with Crippen molar-refractivity contribution >= 4 is 21.4 Å². The van der Waals surface area contributed by atoms with E-state index in [1.807, 2.05) is 19.2 Å². The summed E-state index contributed by atoms with van der Waals surface area (Å²) in [4.78, 5) is 0. The van der Waals surface area contributed by atoms with Gasteiger partial charge in [-0.2, -0.15) is 0 Å². The summed E-state index contributed by atoms with van der Waals surface area (Å²) in [5, 5.41) is 5.19. The van der Waals surface area contributed by atoms with Gasteiger partial charge in [-0.15, -0.1) is 11.3 Å². The molecule has 116 valence electrons. The third-order valence-corrected chi connectivity index (χ3v) is 6.08. The smallest absolute Gasteiger partial charge is 0.250 e. The quantitative estimate of drug-likeness (QED) is 0.774. The van der Waals surface area contributed by atoms with E-state index in [1.165, 1.54) is 11.3 Å². The van der Waals surface area contributed by atoms with Gasteiger partial charge in [0.2, 0.25) is 0 Å². The van der Waals surface area contributed by atoms with Crippen LogP contribution in [-0.2, 0) is 16.6 Å². The molecule has 0 saturated carbocycles. The highest BCUT2D eigenvalue weighted by Crippen LogP contribution is 2.23. The summed E-state index contributed by atoms with van der Waals surface area (Å²) < 4.78 is 27.9. The molecule has 0 aliphatic rings. The second kappa shape index (κ2) is 7.02. The Labute approximate surface area is 127 Å². The maximum Gasteiger partial charge on any atom is 0.250 e. The largest absolute Gasteiger partial charge is 0.310 e. The topological polar surface area (TPSA) is 58.2 Å². The van der Waals surface area contributed by atoms with E-state index in [0.29, 0.717) is 16.8 Å². The molecule has 0 saturated heterocycles. The Morgan fingerprint density at radius 1 is 1.35 bits per heavy atom. The minimum atomic E-state index is -3.42. The first kappa shape index (κ1) is 17.6. The van der Waals surface area contributed by atoms with E-state index in [9.17, 15) is 8.42 Å². The lowest BCUT2D eigenvalue weighted by Crippen LogP contribution is -2.42. The Bertz CT molecular complexity index is 519. The molecule has 0 atom stereocenters. The van der Waals surface area contributed by atoms with Crippen molar-refractivity contribution in [3.63, 3.8) is 0 Å². The summed E-state index contributed by atoms with van der Waals surface area (Å²) in [6.45, 7) is 10.7. The van der Waals surface area contributed by atoms with Crippen molar-refractivity contribution in [2.24, 2.45) is 0 Å². The van der Waals surface area contributed by atoms with E-state index in [-0.39, 0.29) is 0 Å². The van der Waals surface area contributed by atoms with Crippen LogP contribution in [0.25, 0.3) is 0 Å². The number of nitrogens with one attached hydrogen (secondary N) is 2. The van der Waals surface area contributed by atoms with Gasteiger partial charge in [-0.25, -0.2) is 13.1 Å². The number of hydrogen-bond donors (Lipinski definition) is 2. The van der Waals surface area contributed by atoms with Gasteiger partial charge in [-0.05, 0) is 37.3 Å². The third kappa shape index (κ3) is 5.52. The highest BCUT2D eigenvalue weighted by molar-refractivity contribution is 7.91. The molecular formula is C14H26N2O2S2. The molecular weight excluding hydrogens is 292 g/mol. The van der Waals surface area contributed by atoms with Gasteiger partial charge in [0, 0.05) is 18.1 Å². The van der Waals surface area contributed by atoms with Crippen molar-refractivity contribution in [1.82, 2.24) is 10.0 Å². The first-order valence-electron chi connectivity index (χ1n) is 7.01. The van der Waals surface area contributed by atoms with E-state index in [1.54, 1.807) is 6.07 Å². The average molecular weight is 319 g/mol. The van der Waals surface area contributed by atoms with Gasteiger partial charge in [-0.3, -0.25) is 0 Å². The summed E-state index contributed by atoms with van der Waals surface area (Å²) in [6.07, 6.45) is 1.77. The predicted molar refractivity (Wildman–Crippen MR) is 85.6 cm³/mol. The Kier molecular flexibility index (Phi) is 6.19. The summed E-state index contributed by atoms with van der Waals surface area (Å²) in [7, 11) is -3.42.